The van der Waals surface area contributed by atoms with E-state index in [9.17, 15) is 8.42 Å². The molecule has 22 heavy (non-hydrogen) atoms. The molecule has 1 aliphatic heterocycles. The highest BCUT2D eigenvalue weighted by Crippen LogP contribution is 2.28. The number of fused-ring (bicyclic) bond motifs is 1. The molecule has 3 rings (SSSR count). The smallest absolute Gasteiger partial charge is 0.245 e. The van der Waals surface area contributed by atoms with Crippen LogP contribution < -0.4 is 5.32 Å². The summed E-state index contributed by atoms with van der Waals surface area (Å²) in [5.41, 5.74) is 1.59. The van der Waals surface area contributed by atoms with E-state index >= 15 is 0 Å². The second-order valence-electron chi connectivity index (χ2n) is 5.92. The van der Waals surface area contributed by atoms with E-state index in [1.54, 1.807) is 22.6 Å². The first-order valence-corrected chi connectivity index (χ1v) is 8.96. The minimum absolute atomic E-state index is 0.315. The van der Waals surface area contributed by atoms with Gasteiger partial charge in [-0.25, -0.2) is 8.42 Å². The van der Waals surface area contributed by atoms with Gasteiger partial charge in [-0.2, -0.15) is 4.31 Å². The highest BCUT2D eigenvalue weighted by molar-refractivity contribution is 7.89. The van der Waals surface area contributed by atoms with Crippen LogP contribution >= 0.6 is 0 Å². The summed E-state index contributed by atoms with van der Waals surface area (Å²) in [7, 11) is -1.59. The number of rotatable bonds is 4. The van der Waals surface area contributed by atoms with E-state index in [0.717, 1.165) is 23.9 Å². The maximum Gasteiger partial charge on any atom is 0.245 e. The molecule has 0 aliphatic carbocycles. The average Bonchev–Trinajstić information content (AvgIpc) is 2.96. The quantitative estimate of drug-likeness (QED) is 0.933. The van der Waals surface area contributed by atoms with Crippen LogP contribution in [0.15, 0.2) is 35.4 Å². The van der Waals surface area contributed by atoms with Crippen LogP contribution in [0.25, 0.3) is 10.9 Å². The number of aromatic nitrogens is 1. The van der Waals surface area contributed by atoms with E-state index in [-0.39, 0.29) is 0 Å². The van der Waals surface area contributed by atoms with E-state index in [0.29, 0.717) is 29.4 Å². The summed E-state index contributed by atoms with van der Waals surface area (Å²) < 4.78 is 27.5. The number of hydrogen-bond donors (Lipinski definition) is 1. The van der Waals surface area contributed by atoms with Crippen LogP contribution in [0, 0.1) is 12.8 Å². The van der Waals surface area contributed by atoms with Crippen molar-refractivity contribution in [2.75, 3.05) is 26.7 Å². The average molecular weight is 319 g/mol. The van der Waals surface area contributed by atoms with Gasteiger partial charge in [0, 0.05) is 24.7 Å². The summed E-state index contributed by atoms with van der Waals surface area (Å²) in [6, 6.07) is 7.32. The van der Waals surface area contributed by atoms with Crippen LogP contribution in [0.5, 0.6) is 0 Å². The standard InChI is InChI=1S/C16H21N3O2S/c1-12-8-14-4-3-5-15(16(14)18-9-12)22(20,21)19-7-6-13(11-19)10-17-2/h3-5,8-9,13,17H,6-7,10-11H2,1-2H3/t13-/m0/s1. The molecule has 1 aromatic heterocycles. The molecule has 1 atom stereocenters. The van der Waals surface area contributed by atoms with Gasteiger partial charge in [-0.15, -0.1) is 0 Å². The van der Waals surface area contributed by atoms with Crippen LogP contribution in [0.4, 0.5) is 0 Å². The first-order chi connectivity index (χ1) is 10.5. The van der Waals surface area contributed by atoms with Crippen LogP contribution in [0.3, 0.4) is 0 Å². The lowest BCUT2D eigenvalue weighted by atomic mass is 10.1. The van der Waals surface area contributed by atoms with Gasteiger partial charge in [0.25, 0.3) is 0 Å². The molecule has 1 aromatic carbocycles. The summed E-state index contributed by atoms with van der Waals surface area (Å²) in [6.45, 7) is 3.96. The zero-order valence-corrected chi connectivity index (χ0v) is 13.7. The van der Waals surface area contributed by atoms with E-state index in [2.05, 4.69) is 10.3 Å². The largest absolute Gasteiger partial charge is 0.319 e. The van der Waals surface area contributed by atoms with Gasteiger partial charge in [0.05, 0.1) is 5.52 Å². The molecule has 0 unspecified atom stereocenters. The summed E-state index contributed by atoms with van der Waals surface area (Å²) >= 11 is 0. The van der Waals surface area contributed by atoms with Crippen LogP contribution in [0.1, 0.15) is 12.0 Å². The van der Waals surface area contributed by atoms with Crippen molar-refractivity contribution in [3.05, 3.63) is 36.0 Å². The molecule has 1 saturated heterocycles. The Balaban J connectivity index is 2.00. The third-order valence-corrected chi connectivity index (χ3v) is 6.07. The fourth-order valence-corrected chi connectivity index (χ4v) is 4.76. The Hall–Kier alpha value is -1.50. The highest BCUT2D eigenvalue weighted by atomic mass is 32.2. The van der Waals surface area contributed by atoms with E-state index in [4.69, 9.17) is 0 Å². The number of hydrogen-bond acceptors (Lipinski definition) is 4. The molecule has 118 valence electrons. The minimum Gasteiger partial charge on any atom is -0.319 e. The van der Waals surface area contributed by atoms with Gasteiger partial charge in [0.1, 0.15) is 4.90 Å². The van der Waals surface area contributed by atoms with E-state index < -0.39 is 10.0 Å². The SMILES string of the molecule is CNC[C@@H]1CCN(S(=O)(=O)c2cccc3cc(C)cnc23)C1. The molecule has 0 radical (unpaired) electrons. The molecular formula is C16H21N3O2S. The van der Waals surface area contributed by atoms with Gasteiger partial charge in [-0.3, -0.25) is 4.98 Å². The van der Waals surface area contributed by atoms with Crippen molar-refractivity contribution < 1.29 is 8.42 Å². The summed E-state index contributed by atoms with van der Waals surface area (Å²) in [4.78, 5) is 4.67. The zero-order valence-electron chi connectivity index (χ0n) is 12.9. The van der Waals surface area contributed by atoms with E-state index in [1.165, 1.54) is 0 Å². The van der Waals surface area contributed by atoms with Crippen LogP contribution in [-0.2, 0) is 10.0 Å². The number of pyridine rings is 1. The van der Waals surface area contributed by atoms with Crippen molar-refractivity contribution >= 4 is 20.9 Å². The fourth-order valence-electron chi connectivity index (χ4n) is 3.06. The summed E-state index contributed by atoms with van der Waals surface area (Å²) in [5.74, 6) is 0.380. The predicted octanol–water partition coefficient (Wildman–Crippen LogP) is 1.77. The van der Waals surface area contributed by atoms with Gasteiger partial charge in [0.15, 0.2) is 0 Å². The highest BCUT2D eigenvalue weighted by Gasteiger charge is 2.33. The third-order valence-electron chi connectivity index (χ3n) is 4.17. The Morgan fingerprint density at radius 3 is 3.00 bits per heavy atom. The molecule has 2 aromatic rings. The van der Waals surface area contributed by atoms with Crippen LogP contribution in [0.2, 0.25) is 0 Å². The van der Waals surface area contributed by atoms with Gasteiger partial charge in [-0.1, -0.05) is 12.1 Å². The normalized spacial score (nSPS) is 19.8. The Labute approximate surface area is 131 Å². The maximum absolute atomic E-state index is 12.9. The molecule has 1 aliphatic rings. The molecule has 0 bridgehead atoms. The van der Waals surface area contributed by atoms with Gasteiger partial charge >= 0.3 is 0 Å². The molecular weight excluding hydrogens is 298 g/mol. The zero-order chi connectivity index (χ0) is 15.7. The number of sulfonamides is 1. The van der Waals surface area contributed by atoms with Crippen molar-refractivity contribution in [1.82, 2.24) is 14.6 Å². The molecule has 0 spiro atoms. The van der Waals surface area contributed by atoms with Crippen LogP contribution in [-0.4, -0.2) is 44.4 Å². The lowest BCUT2D eigenvalue weighted by Crippen LogP contribution is -2.30. The molecule has 6 heteroatoms. The monoisotopic (exact) mass is 319 g/mol. The van der Waals surface area contributed by atoms with E-state index in [1.807, 2.05) is 26.1 Å². The first kappa shape index (κ1) is 15.4. The van der Waals surface area contributed by atoms with Crippen molar-refractivity contribution in [2.24, 2.45) is 5.92 Å². The molecule has 1 N–H and O–H groups in total. The number of benzene rings is 1. The lowest BCUT2D eigenvalue weighted by Gasteiger charge is -2.17. The van der Waals surface area contributed by atoms with Crippen molar-refractivity contribution in [3.8, 4) is 0 Å². The predicted molar refractivity (Wildman–Crippen MR) is 87.3 cm³/mol. The fraction of sp³-hybridized carbons (Fsp3) is 0.438. The minimum atomic E-state index is -3.49. The Morgan fingerprint density at radius 2 is 2.23 bits per heavy atom. The summed E-state index contributed by atoms with van der Waals surface area (Å²) in [6.07, 6.45) is 2.62. The molecule has 0 saturated carbocycles. The molecule has 0 amide bonds. The Bertz CT molecular complexity index is 789. The van der Waals surface area contributed by atoms with Crippen molar-refractivity contribution in [2.45, 2.75) is 18.2 Å². The topological polar surface area (TPSA) is 62.3 Å². The number of para-hydroxylation sites is 1. The Morgan fingerprint density at radius 1 is 1.41 bits per heavy atom. The second kappa shape index (κ2) is 5.95. The molecule has 5 nitrogen and oxygen atoms in total. The second-order valence-corrected chi connectivity index (χ2v) is 7.82. The van der Waals surface area contributed by atoms with Crippen molar-refractivity contribution in [3.63, 3.8) is 0 Å². The number of aryl methyl sites for hydroxylation is 1. The summed E-state index contributed by atoms with van der Waals surface area (Å²) in [5, 5.41) is 3.99. The lowest BCUT2D eigenvalue weighted by molar-refractivity contribution is 0.451. The molecule has 2 heterocycles. The Kier molecular flexibility index (Phi) is 4.16. The maximum atomic E-state index is 12.9. The van der Waals surface area contributed by atoms with Crippen molar-refractivity contribution in [1.29, 1.82) is 0 Å². The molecule has 1 fully saturated rings. The van der Waals surface area contributed by atoms with Gasteiger partial charge in [-0.05, 0) is 50.6 Å². The number of nitrogens with zero attached hydrogens (tertiary/aromatic N) is 2. The third kappa shape index (κ3) is 2.74. The first-order valence-electron chi connectivity index (χ1n) is 7.52. The van der Waals surface area contributed by atoms with Gasteiger partial charge < -0.3 is 5.32 Å². The number of nitrogens with one attached hydrogen (secondary N) is 1. The van der Waals surface area contributed by atoms with Gasteiger partial charge in [0.2, 0.25) is 10.0 Å².